The number of hydrogen-bond acceptors (Lipinski definition) is 7. The lowest BCUT2D eigenvalue weighted by Gasteiger charge is -2.28. The topological polar surface area (TPSA) is 101 Å². The summed E-state index contributed by atoms with van der Waals surface area (Å²) in [6.45, 7) is 3.71. The molecule has 0 saturated carbocycles. The Kier molecular flexibility index (Phi) is 3.90. The summed E-state index contributed by atoms with van der Waals surface area (Å²) in [5.74, 6) is 0.916. The van der Waals surface area contributed by atoms with Crippen LogP contribution in [0.1, 0.15) is 0 Å². The van der Waals surface area contributed by atoms with Crippen LogP contribution in [0.3, 0.4) is 0 Å². The first-order valence-corrected chi connectivity index (χ1v) is 8.05. The van der Waals surface area contributed by atoms with E-state index in [0.29, 0.717) is 15.7 Å². The predicted molar refractivity (Wildman–Crippen MR) is 92.9 cm³/mol. The highest BCUT2D eigenvalue weighted by Crippen LogP contribution is 2.18. The molecule has 0 unspecified atom stereocenters. The van der Waals surface area contributed by atoms with Crippen LogP contribution in [0.25, 0.3) is 11.0 Å². The van der Waals surface area contributed by atoms with Gasteiger partial charge in [-0.1, -0.05) is 12.1 Å². The maximum absolute atomic E-state index is 12.0. The van der Waals surface area contributed by atoms with E-state index in [0.717, 1.165) is 36.7 Å². The van der Waals surface area contributed by atoms with Crippen molar-refractivity contribution in [2.45, 2.75) is 0 Å². The minimum Gasteiger partial charge on any atom is -0.425 e. The van der Waals surface area contributed by atoms with Crippen molar-refractivity contribution in [2.75, 3.05) is 36.4 Å². The fraction of sp³-hybridized carbons (Fsp3) is 0.250. The molecule has 0 amide bonds. The first-order valence-electron chi connectivity index (χ1n) is 8.05. The lowest BCUT2D eigenvalue weighted by atomic mass is 10.3. The van der Waals surface area contributed by atoms with Gasteiger partial charge in [-0.05, 0) is 18.2 Å². The molecule has 0 atom stereocenters. The van der Waals surface area contributed by atoms with Crippen molar-refractivity contribution in [3.05, 3.63) is 47.5 Å². The number of hydrogen-bond donors (Lipinski definition) is 3. The van der Waals surface area contributed by atoms with Crippen molar-refractivity contribution in [1.82, 2.24) is 20.1 Å². The molecule has 0 radical (unpaired) electrons. The Morgan fingerprint density at radius 3 is 2.72 bits per heavy atom. The molecule has 9 nitrogen and oxygen atoms in total. The molecule has 1 saturated heterocycles. The average molecular weight is 340 g/mol. The van der Waals surface area contributed by atoms with Crippen LogP contribution in [0.4, 0.5) is 17.5 Å². The van der Waals surface area contributed by atoms with E-state index in [1.54, 1.807) is 30.5 Å². The predicted octanol–water partition coefficient (Wildman–Crippen LogP) is 0.736. The number of rotatable bonds is 3. The number of aromatic nitrogens is 4. The average Bonchev–Trinajstić information content (AvgIpc) is 2.67. The molecule has 3 N–H and O–H groups in total. The van der Waals surface area contributed by atoms with Crippen LogP contribution in [0.5, 0.6) is 0 Å². The summed E-state index contributed by atoms with van der Waals surface area (Å²) in [7, 11) is 0. The van der Waals surface area contributed by atoms with Crippen molar-refractivity contribution in [2.24, 2.45) is 0 Å². The highest BCUT2D eigenvalue weighted by atomic mass is 16.5. The molecule has 128 valence electrons. The summed E-state index contributed by atoms with van der Waals surface area (Å²) >= 11 is 0. The minimum absolute atomic E-state index is 0.0189. The molecule has 1 fully saturated rings. The first kappa shape index (κ1) is 15.3. The third-order valence-electron chi connectivity index (χ3n) is 4.15. The zero-order valence-electron chi connectivity index (χ0n) is 13.5. The van der Waals surface area contributed by atoms with Gasteiger partial charge in [-0.2, -0.15) is 0 Å². The molecule has 0 aliphatic carbocycles. The van der Waals surface area contributed by atoms with Gasteiger partial charge in [0.2, 0.25) is 0 Å². The van der Waals surface area contributed by atoms with Gasteiger partial charge < -0.3 is 20.7 Å². The molecule has 25 heavy (non-hydrogen) atoms. The van der Waals surface area contributed by atoms with Crippen molar-refractivity contribution in [3.63, 3.8) is 0 Å². The van der Waals surface area contributed by atoms with Crippen LogP contribution in [0.2, 0.25) is 0 Å². The normalized spacial score (nSPS) is 14.6. The Balaban J connectivity index is 1.61. The Morgan fingerprint density at radius 2 is 1.96 bits per heavy atom. The lowest BCUT2D eigenvalue weighted by Crippen LogP contribution is -2.43. The second-order valence-electron chi connectivity index (χ2n) is 5.76. The molecular weight excluding hydrogens is 322 g/mol. The molecule has 3 aromatic rings. The molecule has 1 aliphatic heterocycles. The van der Waals surface area contributed by atoms with E-state index in [1.807, 2.05) is 12.1 Å². The van der Waals surface area contributed by atoms with Gasteiger partial charge in [0.15, 0.2) is 10.1 Å². The molecule has 0 bridgehead atoms. The van der Waals surface area contributed by atoms with Gasteiger partial charge in [0.1, 0.15) is 5.82 Å². The van der Waals surface area contributed by atoms with Gasteiger partial charge in [-0.25, -0.2) is 4.98 Å². The lowest BCUT2D eigenvalue weighted by molar-refractivity contribution is -0.535. The quantitative estimate of drug-likeness (QED) is 0.477. The number of nitrogens with one attached hydrogen (secondary N) is 2. The van der Waals surface area contributed by atoms with Crippen LogP contribution in [-0.4, -0.2) is 46.2 Å². The van der Waals surface area contributed by atoms with E-state index in [2.05, 4.69) is 25.6 Å². The van der Waals surface area contributed by atoms with E-state index in [-0.39, 0.29) is 11.5 Å². The number of benzene rings is 1. The fourth-order valence-corrected chi connectivity index (χ4v) is 2.85. The van der Waals surface area contributed by atoms with E-state index < -0.39 is 0 Å². The molecule has 9 heteroatoms. The molecule has 3 heterocycles. The van der Waals surface area contributed by atoms with E-state index in [1.165, 1.54) is 0 Å². The molecule has 1 aliphatic rings. The summed E-state index contributed by atoms with van der Waals surface area (Å²) in [5, 5.41) is 20.3. The van der Waals surface area contributed by atoms with Gasteiger partial charge in [0, 0.05) is 32.2 Å². The van der Waals surface area contributed by atoms with Gasteiger partial charge in [-0.15, -0.1) is 4.73 Å². The van der Waals surface area contributed by atoms with Crippen LogP contribution >= 0.6 is 0 Å². The number of nitrogens with zero attached hydrogens (tertiary/aromatic N) is 5. The zero-order chi connectivity index (χ0) is 17.2. The van der Waals surface area contributed by atoms with Gasteiger partial charge in [-0.3, -0.25) is 0 Å². The van der Waals surface area contributed by atoms with Gasteiger partial charge in [0.25, 0.3) is 0 Å². The second kappa shape index (κ2) is 6.36. The van der Waals surface area contributed by atoms with Crippen LogP contribution in [0, 0.1) is 4.91 Å². The Bertz CT molecular complexity index is 949. The zero-order valence-corrected chi connectivity index (χ0v) is 13.5. The monoisotopic (exact) mass is 340 g/mol. The largest absolute Gasteiger partial charge is 0.425 e. The number of fused-ring (bicyclic) bond motifs is 1. The standard InChI is InChI=1S/C16H18N7O2/c24-22-13-3-1-2-4-14(13)23(25)20-16(22)19-12-5-6-15(18-11-12)21-9-7-17-8-10-21/h1-6,11,17,24H,7-10H2,(H,19,20,25)/q+1. The Hall–Kier alpha value is -3.20. The maximum atomic E-state index is 12.0. The summed E-state index contributed by atoms with van der Waals surface area (Å²) in [6, 6.07) is 10.4. The number of anilines is 3. The van der Waals surface area contributed by atoms with Crippen molar-refractivity contribution < 1.29 is 9.75 Å². The number of piperazine rings is 1. The van der Waals surface area contributed by atoms with E-state index in [9.17, 15) is 10.1 Å². The van der Waals surface area contributed by atoms with Crippen LogP contribution < -0.4 is 20.1 Å². The summed E-state index contributed by atoms with van der Waals surface area (Å²) in [6.07, 6.45) is 1.66. The Morgan fingerprint density at radius 1 is 1.16 bits per heavy atom. The Labute approximate surface area is 143 Å². The molecule has 4 rings (SSSR count). The first-order chi connectivity index (χ1) is 12.2. The van der Waals surface area contributed by atoms with Gasteiger partial charge >= 0.3 is 11.5 Å². The van der Waals surface area contributed by atoms with E-state index >= 15 is 0 Å². The van der Waals surface area contributed by atoms with E-state index in [4.69, 9.17) is 0 Å². The smallest absolute Gasteiger partial charge is 0.322 e. The highest BCUT2D eigenvalue weighted by Gasteiger charge is 2.17. The maximum Gasteiger partial charge on any atom is 0.322 e. The fourth-order valence-electron chi connectivity index (χ4n) is 2.85. The van der Waals surface area contributed by atoms with Crippen molar-refractivity contribution in [3.8, 4) is 0 Å². The number of pyridine rings is 1. The van der Waals surface area contributed by atoms with Crippen LogP contribution in [-0.2, 0) is 0 Å². The highest BCUT2D eigenvalue weighted by molar-refractivity contribution is 5.72. The molecule has 0 spiro atoms. The summed E-state index contributed by atoms with van der Waals surface area (Å²) in [4.78, 5) is 18.7. The molecule has 1 aromatic carbocycles. The van der Waals surface area contributed by atoms with Gasteiger partial charge in [0.05, 0.1) is 21.9 Å². The third-order valence-corrected chi connectivity index (χ3v) is 4.15. The van der Waals surface area contributed by atoms with Crippen molar-refractivity contribution in [1.29, 1.82) is 0 Å². The third kappa shape index (κ3) is 2.96. The minimum atomic E-state index is 0.0189. The van der Waals surface area contributed by atoms with Crippen molar-refractivity contribution >= 4 is 28.5 Å². The van der Waals surface area contributed by atoms with Crippen LogP contribution in [0.15, 0.2) is 42.6 Å². The molecular formula is C16H18N7O2+. The summed E-state index contributed by atoms with van der Waals surface area (Å²) < 4.78 is 1.33. The number of para-hydroxylation sites is 2. The second-order valence-corrected chi connectivity index (χ2v) is 5.76. The summed E-state index contributed by atoms with van der Waals surface area (Å²) in [5.41, 5.74) is 1.27. The molecule has 2 aromatic heterocycles. The SMILES string of the molecule is O=[n+]1nc(Nc2ccc(N3CCNCC3)nc2)n(O)c2ccccc21.